The standard InChI is InChI=1S/C14H25N7/c1-11(2)7-21-13(15-10-17-21)9-20-8-12(18-19-20)6-16-14(3,4)5/h8,10-11,16H,6-7,9H2,1-5H3. The van der Waals surface area contributed by atoms with Crippen molar-refractivity contribution in [1.82, 2.24) is 35.1 Å². The van der Waals surface area contributed by atoms with Crippen LogP contribution in [0.5, 0.6) is 0 Å². The summed E-state index contributed by atoms with van der Waals surface area (Å²) in [7, 11) is 0. The number of aromatic nitrogens is 6. The van der Waals surface area contributed by atoms with Crippen LogP contribution in [-0.2, 0) is 19.6 Å². The van der Waals surface area contributed by atoms with Gasteiger partial charge in [0.1, 0.15) is 18.7 Å². The van der Waals surface area contributed by atoms with Crippen LogP contribution < -0.4 is 5.32 Å². The highest BCUT2D eigenvalue weighted by Crippen LogP contribution is 2.05. The van der Waals surface area contributed by atoms with Crippen LogP contribution in [-0.4, -0.2) is 35.3 Å². The van der Waals surface area contributed by atoms with E-state index in [2.05, 4.69) is 60.3 Å². The first-order valence-electron chi connectivity index (χ1n) is 7.34. The lowest BCUT2D eigenvalue weighted by Crippen LogP contribution is -2.35. The summed E-state index contributed by atoms with van der Waals surface area (Å²) >= 11 is 0. The van der Waals surface area contributed by atoms with Gasteiger partial charge in [0.2, 0.25) is 0 Å². The largest absolute Gasteiger partial charge is 0.306 e. The third-order valence-corrected chi connectivity index (χ3v) is 2.92. The van der Waals surface area contributed by atoms with Gasteiger partial charge in [0.25, 0.3) is 0 Å². The van der Waals surface area contributed by atoms with Crippen LogP contribution in [0.4, 0.5) is 0 Å². The molecule has 0 spiro atoms. The number of rotatable bonds is 6. The van der Waals surface area contributed by atoms with Crippen LogP contribution in [0.1, 0.15) is 46.1 Å². The molecule has 0 atom stereocenters. The van der Waals surface area contributed by atoms with Gasteiger partial charge in [-0.05, 0) is 26.7 Å². The van der Waals surface area contributed by atoms with Crippen LogP contribution in [0.3, 0.4) is 0 Å². The smallest absolute Gasteiger partial charge is 0.148 e. The Bertz CT molecular complexity index is 562. The van der Waals surface area contributed by atoms with E-state index in [1.807, 2.05) is 10.9 Å². The minimum atomic E-state index is 0.0707. The maximum Gasteiger partial charge on any atom is 0.148 e. The summed E-state index contributed by atoms with van der Waals surface area (Å²) in [4.78, 5) is 4.31. The molecule has 1 N–H and O–H groups in total. The number of nitrogens with zero attached hydrogens (tertiary/aromatic N) is 6. The molecule has 0 saturated heterocycles. The Hall–Kier alpha value is -1.76. The van der Waals surface area contributed by atoms with Gasteiger partial charge >= 0.3 is 0 Å². The van der Waals surface area contributed by atoms with Gasteiger partial charge in [-0.15, -0.1) is 5.10 Å². The summed E-state index contributed by atoms with van der Waals surface area (Å²) in [6.07, 6.45) is 3.55. The zero-order chi connectivity index (χ0) is 15.5. The van der Waals surface area contributed by atoms with Crippen molar-refractivity contribution in [2.75, 3.05) is 0 Å². The van der Waals surface area contributed by atoms with Gasteiger partial charge in [0.05, 0.1) is 11.9 Å². The van der Waals surface area contributed by atoms with E-state index in [0.717, 1.165) is 18.1 Å². The first kappa shape index (κ1) is 15.6. The highest BCUT2D eigenvalue weighted by atomic mass is 15.4. The summed E-state index contributed by atoms with van der Waals surface area (Å²) < 4.78 is 3.74. The van der Waals surface area contributed by atoms with Crippen LogP contribution >= 0.6 is 0 Å². The van der Waals surface area contributed by atoms with E-state index in [9.17, 15) is 0 Å². The quantitative estimate of drug-likeness (QED) is 0.872. The van der Waals surface area contributed by atoms with Gasteiger partial charge in [0.15, 0.2) is 0 Å². The van der Waals surface area contributed by atoms with E-state index in [4.69, 9.17) is 0 Å². The van der Waals surface area contributed by atoms with Crippen LogP contribution in [0.2, 0.25) is 0 Å². The molecule has 0 radical (unpaired) electrons. The van der Waals surface area contributed by atoms with E-state index < -0.39 is 0 Å². The molecule has 7 heteroatoms. The first-order chi connectivity index (χ1) is 9.83. The zero-order valence-corrected chi connectivity index (χ0v) is 13.5. The number of hydrogen-bond donors (Lipinski definition) is 1. The maximum absolute atomic E-state index is 4.31. The lowest BCUT2D eigenvalue weighted by molar-refractivity contribution is 0.421. The molecule has 0 aliphatic carbocycles. The molecular weight excluding hydrogens is 266 g/mol. The van der Waals surface area contributed by atoms with Crippen molar-refractivity contribution in [2.24, 2.45) is 5.92 Å². The van der Waals surface area contributed by atoms with Crippen molar-refractivity contribution in [2.45, 2.75) is 59.8 Å². The van der Waals surface area contributed by atoms with Crippen LogP contribution in [0.15, 0.2) is 12.5 Å². The minimum Gasteiger partial charge on any atom is -0.306 e. The predicted molar refractivity (Wildman–Crippen MR) is 80.6 cm³/mol. The molecule has 0 fully saturated rings. The van der Waals surface area contributed by atoms with Crippen molar-refractivity contribution in [3.8, 4) is 0 Å². The van der Waals surface area contributed by atoms with Gasteiger partial charge < -0.3 is 5.32 Å². The Labute approximate surface area is 125 Å². The van der Waals surface area contributed by atoms with Gasteiger partial charge in [0, 0.05) is 18.6 Å². The third-order valence-electron chi connectivity index (χ3n) is 2.92. The van der Waals surface area contributed by atoms with Crippen molar-refractivity contribution >= 4 is 0 Å². The molecule has 2 rings (SSSR count). The molecule has 21 heavy (non-hydrogen) atoms. The lowest BCUT2D eigenvalue weighted by Gasteiger charge is -2.19. The Morgan fingerprint density at radius 3 is 2.71 bits per heavy atom. The van der Waals surface area contributed by atoms with Gasteiger partial charge in [-0.25, -0.2) is 14.3 Å². The molecule has 0 bridgehead atoms. The molecule has 0 aliphatic rings. The monoisotopic (exact) mass is 291 g/mol. The minimum absolute atomic E-state index is 0.0707. The fourth-order valence-corrected chi connectivity index (χ4v) is 1.91. The van der Waals surface area contributed by atoms with Crippen LogP contribution in [0.25, 0.3) is 0 Å². The lowest BCUT2D eigenvalue weighted by atomic mass is 10.1. The Kier molecular flexibility index (Phi) is 4.72. The van der Waals surface area contributed by atoms with E-state index in [-0.39, 0.29) is 5.54 Å². The Balaban J connectivity index is 1.98. The maximum atomic E-state index is 4.31. The molecule has 116 valence electrons. The molecule has 0 aliphatic heterocycles. The molecule has 0 saturated carbocycles. The molecule has 0 aromatic carbocycles. The summed E-state index contributed by atoms with van der Waals surface area (Å²) in [5, 5.41) is 16.0. The van der Waals surface area contributed by atoms with Gasteiger partial charge in [-0.1, -0.05) is 19.1 Å². The summed E-state index contributed by atoms with van der Waals surface area (Å²) in [5.41, 5.74) is 1.00. The second-order valence-corrected chi connectivity index (χ2v) is 6.76. The molecule has 2 aromatic heterocycles. The fourth-order valence-electron chi connectivity index (χ4n) is 1.91. The fraction of sp³-hybridized carbons (Fsp3) is 0.714. The molecule has 2 heterocycles. The second kappa shape index (κ2) is 6.34. The topological polar surface area (TPSA) is 73.5 Å². The average Bonchev–Trinajstić information content (AvgIpc) is 2.96. The predicted octanol–water partition coefficient (Wildman–Crippen LogP) is 1.46. The van der Waals surface area contributed by atoms with E-state index in [1.54, 1.807) is 11.0 Å². The molecule has 0 unspecified atom stereocenters. The van der Waals surface area contributed by atoms with E-state index in [0.29, 0.717) is 19.0 Å². The van der Waals surface area contributed by atoms with E-state index in [1.165, 1.54) is 0 Å². The SMILES string of the molecule is CC(C)Cn1ncnc1Cn1cc(CNC(C)(C)C)nn1. The Morgan fingerprint density at radius 1 is 1.29 bits per heavy atom. The zero-order valence-electron chi connectivity index (χ0n) is 13.5. The molecule has 7 nitrogen and oxygen atoms in total. The third kappa shape index (κ3) is 4.93. The summed E-state index contributed by atoms with van der Waals surface area (Å²) in [6.45, 7) is 12.9. The molecule has 2 aromatic rings. The molecule has 0 amide bonds. The first-order valence-corrected chi connectivity index (χ1v) is 7.34. The highest BCUT2D eigenvalue weighted by Gasteiger charge is 2.11. The second-order valence-electron chi connectivity index (χ2n) is 6.76. The van der Waals surface area contributed by atoms with Crippen molar-refractivity contribution in [3.05, 3.63) is 24.0 Å². The highest BCUT2D eigenvalue weighted by molar-refractivity contribution is 4.95. The Morgan fingerprint density at radius 2 is 2.05 bits per heavy atom. The van der Waals surface area contributed by atoms with Crippen molar-refractivity contribution in [3.63, 3.8) is 0 Å². The van der Waals surface area contributed by atoms with Gasteiger partial charge in [-0.2, -0.15) is 5.10 Å². The van der Waals surface area contributed by atoms with E-state index >= 15 is 0 Å². The average molecular weight is 291 g/mol. The van der Waals surface area contributed by atoms with Crippen LogP contribution in [0, 0.1) is 5.92 Å². The normalized spacial score (nSPS) is 12.3. The number of hydrogen-bond acceptors (Lipinski definition) is 5. The van der Waals surface area contributed by atoms with Crippen molar-refractivity contribution < 1.29 is 0 Å². The summed E-state index contributed by atoms with van der Waals surface area (Å²) in [5.74, 6) is 1.44. The van der Waals surface area contributed by atoms with Gasteiger partial charge in [-0.3, -0.25) is 0 Å². The number of nitrogens with one attached hydrogen (secondary N) is 1. The molecular formula is C14H25N7. The van der Waals surface area contributed by atoms with Crippen molar-refractivity contribution in [1.29, 1.82) is 0 Å². The summed E-state index contributed by atoms with van der Waals surface area (Å²) in [6, 6.07) is 0.